The highest BCUT2D eigenvalue weighted by atomic mass is 16.5. The Hall–Kier alpha value is -0.810. The molecule has 0 N–H and O–H groups in total. The molecule has 0 aromatic carbocycles. The molecule has 2 nitrogen and oxygen atoms in total. The summed E-state index contributed by atoms with van der Waals surface area (Å²) in [6.45, 7) is 2.23. The van der Waals surface area contributed by atoms with Crippen LogP contribution in [0.15, 0.2) is 0 Å². The number of rotatable bonds is 4. The second-order valence-electron chi connectivity index (χ2n) is 1.89. The second kappa shape index (κ2) is 6.31. The molecule has 0 aliphatic rings. The van der Waals surface area contributed by atoms with Crippen LogP contribution in [0.25, 0.3) is 0 Å². The molecule has 0 radical (unpaired) electrons. The van der Waals surface area contributed by atoms with E-state index in [-0.39, 0.29) is 5.78 Å². The van der Waals surface area contributed by atoms with E-state index in [1.165, 1.54) is 0 Å². The van der Waals surface area contributed by atoms with Crippen molar-refractivity contribution in [2.24, 2.45) is 0 Å². The normalized spacial score (nSPS) is 8.20. The minimum Gasteiger partial charge on any atom is -0.384 e. The lowest BCUT2D eigenvalue weighted by Crippen LogP contribution is -2.00. The molecule has 0 unspecified atom stereocenters. The Morgan fingerprint density at radius 1 is 1.60 bits per heavy atom. The van der Waals surface area contributed by atoms with Gasteiger partial charge in [0, 0.05) is 13.5 Å². The van der Waals surface area contributed by atoms with Crippen molar-refractivity contribution in [2.75, 3.05) is 13.7 Å². The summed E-state index contributed by atoms with van der Waals surface area (Å²) >= 11 is 0. The highest BCUT2D eigenvalue weighted by Gasteiger charge is 1.96. The number of ketones is 1. The van der Waals surface area contributed by atoms with E-state index in [0.29, 0.717) is 19.4 Å². The molecule has 0 fully saturated rings. The molecule has 0 aromatic rings. The van der Waals surface area contributed by atoms with Crippen LogP contribution in [0.1, 0.15) is 19.8 Å². The fraction of sp³-hybridized carbons (Fsp3) is 0.625. The van der Waals surface area contributed by atoms with Gasteiger partial charge in [-0.2, -0.15) is 0 Å². The molecule has 0 aliphatic heterocycles. The van der Waals surface area contributed by atoms with Gasteiger partial charge >= 0.3 is 0 Å². The van der Waals surface area contributed by atoms with Gasteiger partial charge in [-0.1, -0.05) is 5.92 Å². The van der Waals surface area contributed by atoms with Gasteiger partial charge in [0.1, 0.15) is 5.78 Å². The topological polar surface area (TPSA) is 26.3 Å². The molecule has 0 saturated carbocycles. The largest absolute Gasteiger partial charge is 0.384 e. The fourth-order valence-electron chi connectivity index (χ4n) is 0.491. The Kier molecular flexibility index (Phi) is 5.80. The second-order valence-corrected chi connectivity index (χ2v) is 1.89. The van der Waals surface area contributed by atoms with Gasteiger partial charge in [0.05, 0.1) is 13.0 Å². The van der Waals surface area contributed by atoms with Gasteiger partial charge in [-0.15, -0.1) is 5.92 Å². The average molecular weight is 140 g/mol. The van der Waals surface area contributed by atoms with Crippen molar-refractivity contribution >= 4 is 5.78 Å². The summed E-state index contributed by atoms with van der Waals surface area (Å²) < 4.78 is 4.72. The van der Waals surface area contributed by atoms with Crippen LogP contribution in [0, 0.1) is 11.8 Å². The first-order valence-electron chi connectivity index (χ1n) is 3.21. The molecule has 2 heteroatoms. The number of methoxy groups -OCH3 is 1. The van der Waals surface area contributed by atoms with E-state index in [1.54, 1.807) is 14.0 Å². The van der Waals surface area contributed by atoms with Crippen molar-refractivity contribution in [3.63, 3.8) is 0 Å². The van der Waals surface area contributed by atoms with E-state index < -0.39 is 0 Å². The van der Waals surface area contributed by atoms with Crippen LogP contribution in [0.3, 0.4) is 0 Å². The van der Waals surface area contributed by atoms with Crippen molar-refractivity contribution in [3.8, 4) is 11.8 Å². The molecule has 0 bridgehead atoms. The van der Waals surface area contributed by atoms with Gasteiger partial charge in [0.15, 0.2) is 0 Å². The van der Waals surface area contributed by atoms with Crippen LogP contribution in [-0.4, -0.2) is 19.5 Å². The third-order valence-corrected chi connectivity index (χ3v) is 1.05. The van der Waals surface area contributed by atoms with E-state index >= 15 is 0 Å². The zero-order chi connectivity index (χ0) is 7.82. The SMILES string of the molecule is CC#CCC(=O)CCOC. The molecule has 56 valence electrons. The smallest absolute Gasteiger partial charge is 0.147 e. The molecular weight excluding hydrogens is 128 g/mol. The first-order chi connectivity index (χ1) is 4.81. The highest BCUT2D eigenvalue weighted by molar-refractivity contribution is 5.80. The maximum absolute atomic E-state index is 10.8. The number of carbonyl (C=O) groups excluding carboxylic acids is 1. The number of hydrogen-bond donors (Lipinski definition) is 0. The fourth-order valence-corrected chi connectivity index (χ4v) is 0.491. The summed E-state index contributed by atoms with van der Waals surface area (Å²) in [5.74, 6) is 5.51. The van der Waals surface area contributed by atoms with Gasteiger partial charge in [-0.3, -0.25) is 4.79 Å². The molecule has 0 saturated heterocycles. The molecule has 10 heavy (non-hydrogen) atoms. The minimum absolute atomic E-state index is 0.149. The Balaban J connectivity index is 3.31. The lowest BCUT2D eigenvalue weighted by Gasteiger charge is -1.93. The molecular formula is C8H12O2. The summed E-state index contributed by atoms with van der Waals surface area (Å²) in [7, 11) is 1.58. The van der Waals surface area contributed by atoms with Gasteiger partial charge in [0.25, 0.3) is 0 Å². The monoisotopic (exact) mass is 140 g/mol. The molecule has 0 aromatic heterocycles. The first kappa shape index (κ1) is 9.19. The van der Waals surface area contributed by atoms with Crippen LogP contribution in [-0.2, 0) is 9.53 Å². The standard InChI is InChI=1S/C8H12O2/c1-3-4-5-8(9)6-7-10-2/h5-7H2,1-2H3. The predicted molar refractivity (Wildman–Crippen MR) is 39.6 cm³/mol. The molecule has 0 rings (SSSR count). The molecule has 0 heterocycles. The van der Waals surface area contributed by atoms with E-state index in [2.05, 4.69) is 11.8 Å². The number of Topliss-reactive ketones (excluding diaryl/α,β-unsaturated/α-hetero) is 1. The Morgan fingerprint density at radius 2 is 2.30 bits per heavy atom. The Bertz CT molecular complexity index is 150. The zero-order valence-electron chi connectivity index (χ0n) is 6.44. The van der Waals surface area contributed by atoms with Crippen LogP contribution >= 0.6 is 0 Å². The van der Waals surface area contributed by atoms with Crippen molar-refractivity contribution in [3.05, 3.63) is 0 Å². The van der Waals surface area contributed by atoms with E-state index in [1.807, 2.05) is 0 Å². The molecule has 0 aliphatic carbocycles. The van der Waals surface area contributed by atoms with E-state index in [0.717, 1.165) is 0 Å². The molecule has 0 spiro atoms. The van der Waals surface area contributed by atoms with Crippen molar-refractivity contribution in [2.45, 2.75) is 19.8 Å². The van der Waals surface area contributed by atoms with Crippen LogP contribution in [0.4, 0.5) is 0 Å². The third kappa shape index (κ3) is 5.33. The van der Waals surface area contributed by atoms with Gasteiger partial charge in [-0.25, -0.2) is 0 Å². The maximum atomic E-state index is 10.8. The summed E-state index contributed by atoms with van der Waals surface area (Å²) in [6, 6.07) is 0. The van der Waals surface area contributed by atoms with Crippen LogP contribution < -0.4 is 0 Å². The quantitative estimate of drug-likeness (QED) is 0.545. The van der Waals surface area contributed by atoms with E-state index in [4.69, 9.17) is 4.74 Å². The predicted octanol–water partition coefficient (Wildman–Crippen LogP) is 1.01. The molecule has 0 amide bonds. The van der Waals surface area contributed by atoms with Gasteiger partial charge in [-0.05, 0) is 6.92 Å². The summed E-state index contributed by atoms with van der Waals surface area (Å²) in [5, 5.41) is 0. The first-order valence-corrected chi connectivity index (χ1v) is 3.21. The van der Waals surface area contributed by atoms with Crippen LogP contribution in [0.2, 0.25) is 0 Å². The zero-order valence-corrected chi connectivity index (χ0v) is 6.44. The van der Waals surface area contributed by atoms with Crippen molar-refractivity contribution in [1.82, 2.24) is 0 Å². The molecule has 0 atom stereocenters. The lowest BCUT2D eigenvalue weighted by atomic mass is 10.2. The Labute approximate surface area is 61.6 Å². The summed E-state index contributed by atoms with van der Waals surface area (Å²) in [5.41, 5.74) is 0. The van der Waals surface area contributed by atoms with Crippen LogP contribution in [0.5, 0.6) is 0 Å². The summed E-state index contributed by atoms with van der Waals surface area (Å²) in [6.07, 6.45) is 0.838. The third-order valence-electron chi connectivity index (χ3n) is 1.05. The minimum atomic E-state index is 0.149. The number of carbonyl (C=O) groups is 1. The van der Waals surface area contributed by atoms with Crippen molar-refractivity contribution in [1.29, 1.82) is 0 Å². The highest BCUT2D eigenvalue weighted by Crippen LogP contribution is 1.87. The van der Waals surface area contributed by atoms with Crippen molar-refractivity contribution < 1.29 is 9.53 Å². The average Bonchev–Trinajstić information content (AvgIpc) is 1.97. The number of ether oxygens (including phenoxy) is 1. The lowest BCUT2D eigenvalue weighted by molar-refractivity contribution is -0.118. The van der Waals surface area contributed by atoms with Gasteiger partial charge < -0.3 is 4.74 Å². The number of hydrogen-bond acceptors (Lipinski definition) is 2. The van der Waals surface area contributed by atoms with E-state index in [9.17, 15) is 4.79 Å². The maximum Gasteiger partial charge on any atom is 0.147 e. The summed E-state index contributed by atoms with van der Waals surface area (Å²) in [4.78, 5) is 10.8. The van der Waals surface area contributed by atoms with Gasteiger partial charge in [0.2, 0.25) is 0 Å². The Morgan fingerprint density at radius 3 is 2.80 bits per heavy atom.